The second-order valence-electron chi connectivity index (χ2n) is 2.45. The molecule has 0 saturated carbocycles. The van der Waals surface area contributed by atoms with E-state index >= 15 is 0 Å². The molecule has 0 fully saturated rings. The van der Waals surface area contributed by atoms with Gasteiger partial charge in [-0.2, -0.15) is 0 Å². The lowest BCUT2D eigenvalue weighted by Gasteiger charge is -1.91. The number of pyridine rings is 1. The predicted octanol–water partition coefficient (Wildman–Crippen LogP) is 2.31. The number of hydrogen-bond donors (Lipinski definition) is 0. The first kappa shape index (κ1) is 7.43. The summed E-state index contributed by atoms with van der Waals surface area (Å²) in [6, 6.07) is 3.91. The number of hydrogen-bond acceptors (Lipinski definition) is 3. The standard InChI is InChI=1S/C9H7N2S/c1-7-6-12-9(11-7)8-3-2-4-10-5-8/h2-5H,1H3. The normalized spacial score (nSPS) is 10.1. The van der Waals surface area contributed by atoms with Crippen molar-refractivity contribution in [1.82, 2.24) is 9.97 Å². The van der Waals surface area contributed by atoms with E-state index in [-0.39, 0.29) is 0 Å². The summed E-state index contributed by atoms with van der Waals surface area (Å²) in [5.41, 5.74) is 2.01. The molecule has 3 heteroatoms. The predicted molar refractivity (Wildman–Crippen MR) is 48.9 cm³/mol. The Morgan fingerprint density at radius 1 is 1.50 bits per heavy atom. The van der Waals surface area contributed by atoms with Crippen molar-refractivity contribution >= 4 is 11.3 Å². The average Bonchev–Trinajstić information content (AvgIpc) is 2.54. The van der Waals surface area contributed by atoms with Crippen molar-refractivity contribution < 1.29 is 0 Å². The third kappa shape index (κ3) is 1.36. The molecule has 0 atom stereocenters. The molecule has 0 aromatic carbocycles. The van der Waals surface area contributed by atoms with Crippen LogP contribution in [-0.2, 0) is 0 Å². The SMILES string of the molecule is Cc1[c]sc(-c2cccnc2)n1. The quantitative estimate of drug-likeness (QED) is 0.664. The van der Waals surface area contributed by atoms with Crippen LogP contribution in [0.1, 0.15) is 5.69 Å². The largest absolute Gasteiger partial charge is 0.264 e. The number of aromatic nitrogens is 2. The van der Waals surface area contributed by atoms with Gasteiger partial charge in [-0.3, -0.25) is 4.98 Å². The van der Waals surface area contributed by atoms with E-state index < -0.39 is 0 Å². The Hall–Kier alpha value is -1.22. The molecular weight excluding hydrogens is 168 g/mol. The molecule has 0 unspecified atom stereocenters. The van der Waals surface area contributed by atoms with Gasteiger partial charge in [0, 0.05) is 18.0 Å². The maximum atomic E-state index is 4.30. The second kappa shape index (κ2) is 3.03. The zero-order valence-electron chi connectivity index (χ0n) is 6.61. The maximum absolute atomic E-state index is 4.30. The van der Waals surface area contributed by atoms with Gasteiger partial charge in [-0.25, -0.2) is 4.98 Å². The van der Waals surface area contributed by atoms with Crippen LogP contribution in [0.3, 0.4) is 0 Å². The Morgan fingerprint density at radius 3 is 3.00 bits per heavy atom. The molecule has 0 aliphatic rings. The zero-order valence-corrected chi connectivity index (χ0v) is 7.43. The van der Waals surface area contributed by atoms with E-state index in [1.165, 1.54) is 11.3 Å². The molecule has 2 rings (SSSR count). The summed E-state index contributed by atoms with van der Waals surface area (Å²) < 4.78 is 0. The molecule has 2 heterocycles. The van der Waals surface area contributed by atoms with Crippen molar-refractivity contribution in [2.24, 2.45) is 0 Å². The lowest BCUT2D eigenvalue weighted by atomic mass is 10.3. The van der Waals surface area contributed by atoms with Gasteiger partial charge >= 0.3 is 0 Å². The van der Waals surface area contributed by atoms with E-state index in [2.05, 4.69) is 15.3 Å². The summed E-state index contributed by atoms with van der Waals surface area (Å²) in [4.78, 5) is 8.33. The van der Waals surface area contributed by atoms with Gasteiger partial charge in [-0.15, -0.1) is 11.3 Å². The summed E-state index contributed by atoms with van der Waals surface area (Å²) in [6.45, 7) is 1.94. The Labute approximate surface area is 74.9 Å². The highest BCUT2D eigenvalue weighted by Crippen LogP contribution is 2.21. The first-order valence-corrected chi connectivity index (χ1v) is 4.43. The molecule has 2 aromatic heterocycles. The molecule has 0 spiro atoms. The summed E-state index contributed by atoms with van der Waals surface area (Å²) in [7, 11) is 0. The van der Waals surface area contributed by atoms with E-state index in [4.69, 9.17) is 0 Å². The van der Waals surface area contributed by atoms with Crippen LogP contribution < -0.4 is 0 Å². The highest BCUT2D eigenvalue weighted by atomic mass is 32.1. The number of rotatable bonds is 1. The van der Waals surface area contributed by atoms with E-state index in [1.807, 2.05) is 25.3 Å². The minimum absolute atomic E-state index is 0.943. The molecule has 0 amide bonds. The van der Waals surface area contributed by atoms with Crippen LogP contribution in [0.15, 0.2) is 24.5 Å². The van der Waals surface area contributed by atoms with Gasteiger partial charge in [0.15, 0.2) is 0 Å². The first-order chi connectivity index (χ1) is 5.86. The van der Waals surface area contributed by atoms with Gasteiger partial charge in [0.2, 0.25) is 0 Å². The lowest BCUT2D eigenvalue weighted by Crippen LogP contribution is -1.77. The van der Waals surface area contributed by atoms with Gasteiger partial charge in [-0.1, -0.05) is 0 Å². The molecule has 0 N–H and O–H groups in total. The third-order valence-corrected chi connectivity index (χ3v) is 2.39. The van der Waals surface area contributed by atoms with Crippen molar-refractivity contribution in [2.45, 2.75) is 6.92 Å². The van der Waals surface area contributed by atoms with Gasteiger partial charge in [-0.05, 0) is 19.1 Å². The highest BCUT2D eigenvalue weighted by molar-refractivity contribution is 7.12. The zero-order chi connectivity index (χ0) is 8.39. The fourth-order valence-electron chi connectivity index (χ4n) is 0.933. The van der Waals surface area contributed by atoms with Crippen LogP contribution in [0.2, 0.25) is 0 Å². The molecule has 2 aromatic rings. The Balaban J connectivity index is 2.45. The molecule has 12 heavy (non-hydrogen) atoms. The van der Waals surface area contributed by atoms with Crippen molar-refractivity contribution in [3.8, 4) is 10.6 Å². The van der Waals surface area contributed by atoms with Gasteiger partial charge in [0.25, 0.3) is 0 Å². The van der Waals surface area contributed by atoms with Crippen molar-refractivity contribution in [2.75, 3.05) is 0 Å². The number of aryl methyl sites for hydroxylation is 1. The Bertz CT molecular complexity index is 367. The summed E-state index contributed by atoms with van der Waals surface area (Å²) >= 11 is 1.53. The lowest BCUT2D eigenvalue weighted by molar-refractivity contribution is 1.25. The molecule has 59 valence electrons. The summed E-state index contributed by atoms with van der Waals surface area (Å²) in [5, 5.41) is 4.06. The van der Waals surface area contributed by atoms with Gasteiger partial charge in [0.05, 0.1) is 11.1 Å². The molecule has 0 saturated heterocycles. The first-order valence-electron chi connectivity index (χ1n) is 3.62. The van der Waals surface area contributed by atoms with Gasteiger partial charge in [0.1, 0.15) is 5.01 Å². The fraction of sp³-hybridized carbons (Fsp3) is 0.111. The highest BCUT2D eigenvalue weighted by Gasteiger charge is 2.00. The Kier molecular flexibility index (Phi) is 1.87. The van der Waals surface area contributed by atoms with Crippen LogP contribution in [0, 0.1) is 12.3 Å². The minimum atomic E-state index is 0.943. The molecule has 0 bridgehead atoms. The summed E-state index contributed by atoms with van der Waals surface area (Å²) in [6.07, 6.45) is 3.57. The van der Waals surface area contributed by atoms with Crippen LogP contribution in [0.4, 0.5) is 0 Å². The molecule has 1 radical (unpaired) electrons. The molecule has 2 nitrogen and oxygen atoms in total. The third-order valence-electron chi connectivity index (χ3n) is 1.47. The molecule has 0 aliphatic heterocycles. The smallest absolute Gasteiger partial charge is 0.125 e. The van der Waals surface area contributed by atoms with E-state index in [0.717, 1.165) is 16.3 Å². The Morgan fingerprint density at radius 2 is 2.42 bits per heavy atom. The molecular formula is C9H7N2S. The summed E-state index contributed by atoms with van der Waals surface area (Å²) in [5.74, 6) is 0. The molecule has 0 aliphatic carbocycles. The van der Waals surface area contributed by atoms with Crippen LogP contribution in [0.25, 0.3) is 10.6 Å². The van der Waals surface area contributed by atoms with Crippen LogP contribution >= 0.6 is 11.3 Å². The van der Waals surface area contributed by atoms with E-state index in [9.17, 15) is 0 Å². The average molecular weight is 175 g/mol. The van der Waals surface area contributed by atoms with E-state index in [0.29, 0.717) is 0 Å². The second-order valence-corrected chi connectivity index (χ2v) is 3.24. The van der Waals surface area contributed by atoms with Crippen molar-refractivity contribution in [3.63, 3.8) is 0 Å². The fourth-order valence-corrected chi connectivity index (χ4v) is 1.64. The number of thiazole rings is 1. The van der Waals surface area contributed by atoms with Crippen LogP contribution in [0.5, 0.6) is 0 Å². The van der Waals surface area contributed by atoms with Crippen molar-refractivity contribution in [1.29, 1.82) is 0 Å². The van der Waals surface area contributed by atoms with Gasteiger partial charge < -0.3 is 0 Å². The minimum Gasteiger partial charge on any atom is -0.264 e. The van der Waals surface area contributed by atoms with E-state index in [1.54, 1.807) is 6.20 Å². The number of nitrogens with zero attached hydrogens (tertiary/aromatic N) is 2. The monoisotopic (exact) mass is 175 g/mol. The van der Waals surface area contributed by atoms with Crippen molar-refractivity contribution in [3.05, 3.63) is 35.6 Å². The topological polar surface area (TPSA) is 25.8 Å². The maximum Gasteiger partial charge on any atom is 0.125 e. The van der Waals surface area contributed by atoms with Crippen LogP contribution in [-0.4, -0.2) is 9.97 Å².